The van der Waals surface area contributed by atoms with Crippen molar-refractivity contribution in [2.45, 2.75) is 6.92 Å². The highest BCUT2D eigenvalue weighted by atomic mass is 35.5. The number of carbonyl (C=O) groups is 1. The maximum absolute atomic E-state index is 12.2. The van der Waals surface area contributed by atoms with Crippen LogP contribution in [0.1, 0.15) is 17.3 Å². The highest BCUT2D eigenvalue weighted by Gasteiger charge is 2.11. The Morgan fingerprint density at radius 2 is 1.87 bits per heavy atom. The number of halogens is 2. The molecule has 4 nitrogen and oxygen atoms in total. The van der Waals surface area contributed by atoms with Gasteiger partial charge < -0.3 is 10.1 Å². The summed E-state index contributed by atoms with van der Waals surface area (Å²) in [6.45, 7) is 2.36. The summed E-state index contributed by atoms with van der Waals surface area (Å²) in [6.07, 6.45) is 0. The maximum Gasteiger partial charge on any atom is 0.257 e. The number of rotatable bonds is 4. The predicted octanol–water partition coefficient (Wildman–Crippen LogP) is 4.52. The Hall–Kier alpha value is -1.82. The van der Waals surface area contributed by atoms with Crippen molar-refractivity contribution in [3.8, 4) is 5.75 Å². The van der Waals surface area contributed by atoms with Crippen molar-refractivity contribution < 1.29 is 9.53 Å². The Labute approximate surface area is 149 Å². The molecule has 0 atom stereocenters. The maximum atomic E-state index is 12.2. The number of anilines is 1. The topological polar surface area (TPSA) is 50.4 Å². The van der Waals surface area contributed by atoms with Crippen molar-refractivity contribution in [1.82, 2.24) is 5.32 Å². The fraction of sp³-hybridized carbons (Fsp3) is 0.125. The van der Waals surface area contributed by atoms with E-state index in [0.717, 1.165) is 5.69 Å². The van der Waals surface area contributed by atoms with Crippen LogP contribution in [0, 0.1) is 0 Å². The summed E-state index contributed by atoms with van der Waals surface area (Å²) < 4.78 is 5.33. The molecule has 0 saturated carbocycles. The molecule has 2 rings (SSSR count). The van der Waals surface area contributed by atoms with E-state index in [4.69, 9.17) is 40.2 Å². The van der Waals surface area contributed by atoms with Gasteiger partial charge in [0.25, 0.3) is 5.91 Å². The van der Waals surface area contributed by atoms with Crippen molar-refractivity contribution >= 4 is 52.1 Å². The van der Waals surface area contributed by atoms with Crippen molar-refractivity contribution in [1.29, 1.82) is 0 Å². The minimum atomic E-state index is -0.360. The van der Waals surface area contributed by atoms with Crippen LogP contribution in [0.4, 0.5) is 5.69 Å². The fourth-order valence-corrected chi connectivity index (χ4v) is 2.36. The van der Waals surface area contributed by atoms with Gasteiger partial charge in [0.05, 0.1) is 11.6 Å². The lowest BCUT2D eigenvalue weighted by Gasteiger charge is -2.11. The van der Waals surface area contributed by atoms with Gasteiger partial charge in [0.2, 0.25) is 0 Å². The number of carbonyl (C=O) groups excluding carboxylic acids is 1. The number of nitrogens with one attached hydrogen (secondary N) is 2. The standard InChI is InChI=1S/C16H14Cl2N2O2S/c1-2-22-14-8-3-10(9-13(14)18)15(21)20-16(23)19-12-6-4-11(17)5-7-12/h3-9H,2H2,1H3,(H2,19,20,21,23). The van der Waals surface area contributed by atoms with Gasteiger partial charge in [-0.3, -0.25) is 10.1 Å². The molecule has 7 heteroatoms. The largest absolute Gasteiger partial charge is 0.492 e. The molecule has 0 unspecified atom stereocenters. The highest BCUT2D eigenvalue weighted by Crippen LogP contribution is 2.25. The van der Waals surface area contributed by atoms with Gasteiger partial charge in [0.1, 0.15) is 5.75 Å². The molecule has 0 spiro atoms. The molecule has 0 bridgehead atoms. The Morgan fingerprint density at radius 3 is 2.48 bits per heavy atom. The fourth-order valence-electron chi connectivity index (χ4n) is 1.79. The average Bonchev–Trinajstić information content (AvgIpc) is 2.51. The molecular weight excluding hydrogens is 355 g/mol. The molecule has 1 amide bonds. The van der Waals surface area contributed by atoms with E-state index < -0.39 is 0 Å². The zero-order valence-electron chi connectivity index (χ0n) is 12.2. The molecule has 120 valence electrons. The molecule has 0 aromatic heterocycles. The lowest BCUT2D eigenvalue weighted by molar-refractivity contribution is 0.0977. The number of hydrogen-bond acceptors (Lipinski definition) is 3. The molecule has 0 heterocycles. The van der Waals surface area contributed by atoms with Crippen molar-refractivity contribution in [2.75, 3.05) is 11.9 Å². The van der Waals surface area contributed by atoms with E-state index in [2.05, 4.69) is 10.6 Å². The summed E-state index contributed by atoms with van der Waals surface area (Å²) in [7, 11) is 0. The second-order valence-corrected chi connectivity index (χ2v) is 5.75. The lowest BCUT2D eigenvalue weighted by atomic mass is 10.2. The molecule has 0 radical (unpaired) electrons. The lowest BCUT2D eigenvalue weighted by Crippen LogP contribution is -2.34. The van der Waals surface area contributed by atoms with Crippen molar-refractivity contribution in [2.24, 2.45) is 0 Å². The summed E-state index contributed by atoms with van der Waals surface area (Å²) in [6, 6.07) is 11.8. The Bertz CT molecular complexity index is 721. The SMILES string of the molecule is CCOc1ccc(C(=O)NC(=S)Nc2ccc(Cl)cc2)cc1Cl. The molecule has 0 saturated heterocycles. The van der Waals surface area contributed by atoms with E-state index in [1.165, 1.54) is 6.07 Å². The van der Waals surface area contributed by atoms with E-state index >= 15 is 0 Å². The van der Waals surface area contributed by atoms with Crippen molar-refractivity contribution in [3.05, 3.63) is 58.1 Å². The van der Waals surface area contributed by atoms with E-state index in [9.17, 15) is 4.79 Å². The van der Waals surface area contributed by atoms with Crippen LogP contribution in [-0.2, 0) is 0 Å². The summed E-state index contributed by atoms with van der Waals surface area (Å²) in [4.78, 5) is 12.2. The van der Waals surface area contributed by atoms with E-state index in [1.54, 1.807) is 36.4 Å². The monoisotopic (exact) mass is 368 g/mol. The van der Waals surface area contributed by atoms with Crippen LogP contribution in [0.3, 0.4) is 0 Å². The molecule has 23 heavy (non-hydrogen) atoms. The first-order valence-corrected chi connectivity index (χ1v) is 7.96. The van der Waals surface area contributed by atoms with Crippen LogP contribution >= 0.6 is 35.4 Å². The Morgan fingerprint density at radius 1 is 1.17 bits per heavy atom. The van der Waals surface area contributed by atoms with E-state index in [1.807, 2.05) is 6.92 Å². The van der Waals surface area contributed by atoms with E-state index in [-0.39, 0.29) is 11.0 Å². The van der Waals surface area contributed by atoms with Gasteiger partial charge in [-0.15, -0.1) is 0 Å². The third kappa shape index (κ3) is 5.10. The second-order valence-electron chi connectivity index (χ2n) is 4.49. The zero-order chi connectivity index (χ0) is 16.8. The number of benzene rings is 2. The molecule has 2 N–H and O–H groups in total. The number of amides is 1. The van der Waals surface area contributed by atoms with Crippen LogP contribution in [0.2, 0.25) is 10.0 Å². The van der Waals surface area contributed by atoms with Gasteiger partial charge in [-0.25, -0.2) is 0 Å². The third-order valence-corrected chi connectivity index (χ3v) is 3.57. The van der Waals surface area contributed by atoms with Crippen LogP contribution in [0.5, 0.6) is 5.75 Å². The molecule has 2 aromatic carbocycles. The first-order valence-electron chi connectivity index (χ1n) is 6.80. The molecular formula is C16H14Cl2N2O2S. The van der Waals surface area contributed by atoms with Crippen molar-refractivity contribution in [3.63, 3.8) is 0 Å². The molecule has 2 aromatic rings. The van der Waals surface area contributed by atoms with Crippen LogP contribution in [0.25, 0.3) is 0 Å². The van der Waals surface area contributed by atoms with Crippen LogP contribution in [0.15, 0.2) is 42.5 Å². The van der Waals surface area contributed by atoms with E-state index in [0.29, 0.717) is 28.0 Å². The number of ether oxygens (including phenoxy) is 1. The van der Waals surface area contributed by atoms with Gasteiger partial charge in [-0.1, -0.05) is 23.2 Å². The first kappa shape index (κ1) is 17.5. The molecule has 0 fully saturated rings. The molecule has 0 aliphatic carbocycles. The minimum Gasteiger partial charge on any atom is -0.492 e. The van der Waals surface area contributed by atoms with Gasteiger partial charge in [0, 0.05) is 16.3 Å². The smallest absolute Gasteiger partial charge is 0.257 e. The normalized spacial score (nSPS) is 10.0. The second kappa shape index (κ2) is 8.15. The quantitative estimate of drug-likeness (QED) is 0.779. The third-order valence-electron chi connectivity index (χ3n) is 2.82. The summed E-state index contributed by atoms with van der Waals surface area (Å²) in [5, 5.41) is 6.66. The average molecular weight is 369 g/mol. The Kier molecular flexibility index (Phi) is 6.21. The summed E-state index contributed by atoms with van der Waals surface area (Å²) >= 11 is 17.0. The first-order chi connectivity index (χ1) is 11.0. The van der Waals surface area contributed by atoms with Crippen LogP contribution < -0.4 is 15.4 Å². The predicted molar refractivity (Wildman–Crippen MR) is 97.8 cm³/mol. The number of thiocarbonyl (C=S) groups is 1. The zero-order valence-corrected chi connectivity index (χ0v) is 14.6. The molecule has 0 aliphatic rings. The summed E-state index contributed by atoms with van der Waals surface area (Å²) in [5.74, 6) is 0.175. The number of hydrogen-bond donors (Lipinski definition) is 2. The van der Waals surface area contributed by atoms with Gasteiger partial charge in [0.15, 0.2) is 5.11 Å². The van der Waals surface area contributed by atoms with Gasteiger partial charge in [-0.2, -0.15) is 0 Å². The Balaban J connectivity index is 1.99. The van der Waals surface area contributed by atoms with Gasteiger partial charge in [-0.05, 0) is 61.6 Å². The van der Waals surface area contributed by atoms with Crippen LogP contribution in [-0.4, -0.2) is 17.6 Å². The van der Waals surface area contributed by atoms with Gasteiger partial charge >= 0.3 is 0 Å². The summed E-state index contributed by atoms with van der Waals surface area (Å²) in [5.41, 5.74) is 1.11. The minimum absolute atomic E-state index is 0.183. The highest BCUT2D eigenvalue weighted by molar-refractivity contribution is 7.80. The molecule has 0 aliphatic heterocycles.